The number of hydrogen-bond acceptors (Lipinski definition) is 5. The van der Waals surface area contributed by atoms with Gasteiger partial charge in [0.05, 0.1) is 0 Å². The topological polar surface area (TPSA) is 93.3 Å². The zero-order valence-electron chi connectivity index (χ0n) is 7.85. The Hall–Kier alpha value is -1.69. The summed E-state index contributed by atoms with van der Waals surface area (Å²) in [5, 5.41) is 11.5. The van der Waals surface area contributed by atoms with Gasteiger partial charge in [0.15, 0.2) is 11.0 Å². The minimum absolute atomic E-state index is 0.275. The number of primary amides is 1. The maximum Gasteiger partial charge on any atom is 0.217 e. The Labute approximate surface area is 91.5 Å². The number of aromatic nitrogens is 2. The number of amides is 1. The van der Waals surface area contributed by atoms with E-state index in [2.05, 4.69) is 20.7 Å². The van der Waals surface area contributed by atoms with Crippen molar-refractivity contribution in [2.24, 2.45) is 10.8 Å². The molecule has 3 N–H and O–H groups in total. The van der Waals surface area contributed by atoms with E-state index >= 15 is 0 Å². The number of nitrogens with one attached hydrogen (secondary N) is 1. The van der Waals surface area contributed by atoms with Gasteiger partial charge in [-0.25, -0.2) is 0 Å². The highest BCUT2D eigenvalue weighted by Crippen LogP contribution is 2.05. The van der Waals surface area contributed by atoms with Crippen molar-refractivity contribution < 1.29 is 4.79 Å². The molecule has 1 aromatic rings. The van der Waals surface area contributed by atoms with Gasteiger partial charge in [-0.05, 0) is 18.6 Å². The average molecular weight is 228 g/mol. The van der Waals surface area contributed by atoms with Crippen molar-refractivity contribution in [1.82, 2.24) is 10.2 Å². The first-order valence-corrected chi connectivity index (χ1v) is 4.61. The number of hydrogen-bond donors (Lipinski definition) is 2. The number of nitrogens with two attached hydrogens (primary N) is 1. The van der Waals surface area contributed by atoms with E-state index in [1.165, 1.54) is 0 Å². The highest BCUT2D eigenvalue weighted by molar-refractivity contribution is 6.29. The van der Waals surface area contributed by atoms with Gasteiger partial charge in [0, 0.05) is 12.6 Å². The zero-order chi connectivity index (χ0) is 11.1. The summed E-state index contributed by atoms with van der Waals surface area (Å²) in [6.07, 6.45) is 2.31. The van der Waals surface area contributed by atoms with Gasteiger partial charge in [0.25, 0.3) is 0 Å². The van der Waals surface area contributed by atoms with Crippen molar-refractivity contribution in [3.05, 3.63) is 17.3 Å². The van der Waals surface area contributed by atoms with Crippen LogP contribution in [0.2, 0.25) is 5.15 Å². The smallest absolute Gasteiger partial charge is 0.217 e. The zero-order valence-corrected chi connectivity index (χ0v) is 8.61. The highest BCUT2D eigenvalue weighted by atomic mass is 35.5. The number of anilines is 1. The van der Waals surface area contributed by atoms with Crippen molar-refractivity contribution in [1.29, 1.82) is 0 Å². The fourth-order valence-corrected chi connectivity index (χ4v) is 0.860. The minimum Gasteiger partial charge on any atom is -0.370 e. The van der Waals surface area contributed by atoms with Crippen LogP contribution in [0.15, 0.2) is 17.2 Å². The number of rotatable bonds is 5. The Morgan fingerprint density at radius 1 is 1.60 bits per heavy atom. The van der Waals surface area contributed by atoms with E-state index in [4.69, 9.17) is 17.3 Å². The Kier molecular flexibility index (Phi) is 4.49. The molecule has 0 radical (unpaired) electrons. The Balaban J connectivity index is 2.30. The first-order chi connectivity index (χ1) is 7.18. The summed E-state index contributed by atoms with van der Waals surface area (Å²) < 4.78 is 0. The van der Waals surface area contributed by atoms with Gasteiger partial charge in [-0.2, -0.15) is 5.10 Å². The molecule has 0 bridgehead atoms. The third-order valence-electron chi connectivity index (χ3n) is 1.42. The summed E-state index contributed by atoms with van der Waals surface area (Å²) in [6, 6.07) is 3.23. The molecular weight excluding hydrogens is 218 g/mol. The van der Waals surface area contributed by atoms with Crippen LogP contribution in [-0.4, -0.2) is 22.3 Å². The summed E-state index contributed by atoms with van der Waals surface area (Å²) in [6.45, 7) is 0. The largest absolute Gasteiger partial charge is 0.370 e. The SMILES string of the molecule is NC(=O)CCC=NNc1ccc(Cl)nn1. The van der Waals surface area contributed by atoms with E-state index in [0.29, 0.717) is 17.4 Å². The fourth-order valence-electron chi connectivity index (χ4n) is 0.759. The van der Waals surface area contributed by atoms with E-state index < -0.39 is 0 Å². The van der Waals surface area contributed by atoms with Crippen LogP contribution in [0.5, 0.6) is 0 Å². The van der Waals surface area contributed by atoms with Crippen LogP contribution in [0.25, 0.3) is 0 Å². The van der Waals surface area contributed by atoms with Crippen molar-refractivity contribution >= 4 is 29.5 Å². The van der Waals surface area contributed by atoms with E-state index in [0.717, 1.165) is 0 Å². The van der Waals surface area contributed by atoms with Gasteiger partial charge in [0.2, 0.25) is 5.91 Å². The molecule has 0 fully saturated rings. The Morgan fingerprint density at radius 2 is 2.40 bits per heavy atom. The summed E-state index contributed by atoms with van der Waals surface area (Å²) in [5.41, 5.74) is 7.58. The van der Waals surface area contributed by atoms with E-state index in [-0.39, 0.29) is 12.3 Å². The van der Waals surface area contributed by atoms with Crippen LogP contribution in [-0.2, 0) is 4.79 Å². The molecule has 0 unspecified atom stereocenters. The second kappa shape index (κ2) is 5.92. The van der Waals surface area contributed by atoms with Crippen LogP contribution in [0.3, 0.4) is 0 Å². The summed E-state index contributed by atoms with van der Waals surface area (Å²) in [4.78, 5) is 10.4. The molecule has 0 saturated heterocycles. The number of carbonyl (C=O) groups is 1. The van der Waals surface area contributed by atoms with E-state index in [1.54, 1.807) is 18.3 Å². The van der Waals surface area contributed by atoms with Crippen molar-refractivity contribution in [2.75, 3.05) is 5.43 Å². The molecule has 1 heterocycles. The van der Waals surface area contributed by atoms with Gasteiger partial charge < -0.3 is 5.73 Å². The van der Waals surface area contributed by atoms with Gasteiger partial charge in [0.1, 0.15) is 0 Å². The number of halogens is 1. The molecule has 1 aromatic heterocycles. The number of carbonyl (C=O) groups excluding carboxylic acids is 1. The monoisotopic (exact) mass is 227 g/mol. The van der Waals surface area contributed by atoms with Crippen LogP contribution >= 0.6 is 11.6 Å². The molecular formula is C8H10ClN5O. The lowest BCUT2D eigenvalue weighted by Gasteiger charge is -1.96. The molecule has 1 amide bonds. The lowest BCUT2D eigenvalue weighted by Crippen LogP contribution is -2.09. The molecule has 0 aliphatic rings. The number of nitrogens with zero attached hydrogens (tertiary/aromatic N) is 3. The van der Waals surface area contributed by atoms with Crippen molar-refractivity contribution in [3.8, 4) is 0 Å². The van der Waals surface area contributed by atoms with Crippen LogP contribution in [0.4, 0.5) is 5.82 Å². The van der Waals surface area contributed by atoms with Gasteiger partial charge in [-0.3, -0.25) is 10.2 Å². The fraction of sp³-hybridized carbons (Fsp3) is 0.250. The van der Waals surface area contributed by atoms with Gasteiger partial charge >= 0.3 is 0 Å². The maximum atomic E-state index is 10.4. The number of hydrazone groups is 1. The third-order valence-corrected chi connectivity index (χ3v) is 1.62. The average Bonchev–Trinajstić information content (AvgIpc) is 2.20. The lowest BCUT2D eigenvalue weighted by atomic mass is 10.3. The second-order valence-electron chi connectivity index (χ2n) is 2.67. The molecule has 0 spiro atoms. The van der Waals surface area contributed by atoms with Crippen LogP contribution in [0.1, 0.15) is 12.8 Å². The van der Waals surface area contributed by atoms with Crippen LogP contribution < -0.4 is 11.2 Å². The van der Waals surface area contributed by atoms with E-state index in [1.807, 2.05) is 0 Å². The third kappa shape index (κ3) is 4.92. The second-order valence-corrected chi connectivity index (χ2v) is 3.06. The molecule has 15 heavy (non-hydrogen) atoms. The first-order valence-electron chi connectivity index (χ1n) is 4.23. The normalized spacial score (nSPS) is 10.5. The lowest BCUT2D eigenvalue weighted by molar-refractivity contribution is -0.117. The molecule has 0 saturated carbocycles. The predicted octanol–water partition coefficient (Wildman–Crippen LogP) is 0.793. The van der Waals surface area contributed by atoms with Gasteiger partial charge in [-0.1, -0.05) is 11.6 Å². The quantitative estimate of drug-likeness (QED) is 0.575. The molecule has 0 atom stereocenters. The van der Waals surface area contributed by atoms with Crippen LogP contribution in [0, 0.1) is 0 Å². The molecule has 7 heteroatoms. The molecule has 0 aliphatic heterocycles. The molecule has 80 valence electrons. The van der Waals surface area contributed by atoms with Crippen molar-refractivity contribution in [2.45, 2.75) is 12.8 Å². The van der Waals surface area contributed by atoms with E-state index in [9.17, 15) is 4.79 Å². The molecule has 0 aliphatic carbocycles. The van der Waals surface area contributed by atoms with Gasteiger partial charge in [-0.15, -0.1) is 10.2 Å². The van der Waals surface area contributed by atoms with Crippen molar-refractivity contribution in [3.63, 3.8) is 0 Å². The predicted molar refractivity (Wildman–Crippen MR) is 57.6 cm³/mol. The molecule has 6 nitrogen and oxygen atoms in total. The minimum atomic E-state index is -0.354. The molecule has 1 rings (SSSR count). The summed E-state index contributed by atoms with van der Waals surface area (Å²) in [7, 11) is 0. The molecule has 0 aromatic carbocycles. The summed E-state index contributed by atoms with van der Waals surface area (Å²) >= 11 is 5.54. The maximum absolute atomic E-state index is 10.4. The highest BCUT2D eigenvalue weighted by Gasteiger charge is 1.93. The Bertz CT molecular complexity index is 351. The standard InChI is InChI=1S/C8H10ClN5O/c9-6-3-4-8(14-12-6)13-11-5-1-2-7(10)15/h3-5H,1-2H2,(H2,10,15)(H,13,14). The Morgan fingerprint density at radius 3 is 3.00 bits per heavy atom. The summed E-state index contributed by atoms with van der Waals surface area (Å²) in [5.74, 6) is 0.127. The first kappa shape index (κ1) is 11.4.